The average Bonchev–Trinajstić information content (AvgIpc) is 2.66. The van der Waals surface area contributed by atoms with Gasteiger partial charge in [-0.05, 0) is 33.2 Å². The highest BCUT2D eigenvalue weighted by atomic mass is 16.2. The van der Waals surface area contributed by atoms with Gasteiger partial charge in [0.1, 0.15) is 0 Å². The van der Waals surface area contributed by atoms with Crippen molar-refractivity contribution in [1.82, 2.24) is 15.1 Å². The molecule has 5 heteroatoms. The number of amides is 2. The van der Waals surface area contributed by atoms with E-state index in [0.717, 1.165) is 19.4 Å². The molecule has 102 valence electrons. The van der Waals surface area contributed by atoms with Gasteiger partial charge in [-0.3, -0.25) is 9.59 Å². The SMILES string of the molecule is CC(C)N(C)C(=O)CN1CC2NCCCC2C1=O. The molecule has 1 N–H and O–H groups in total. The van der Waals surface area contributed by atoms with E-state index < -0.39 is 0 Å². The molecule has 0 aliphatic carbocycles. The van der Waals surface area contributed by atoms with Gasteiger partial charge in [-0.15, -0.1) is 0 Å². The zero-order valence-electron chi connectivity index (χ0n) is 11.5. The van der Waals surface area contributed by atoms with Crippen molar-refractivity contribution < 1.29 is 9.59 Å². The molecule has 2 saturated heterocycles. The van der Waals surface area contributed by atoms with E-state index in [1.165, 1.54) is 0 Å². The number of hydrogen-bond donors (Lipinski definition) is 1. The first-order valence-electron chi connectivity index (χ1n) is 6.78. The van der Waals surface area contributed by atoms with Crippen LogP contribution in [0.15, 0.2) is 0 Å². The van der Waals surface area contributed by atoms with E-state index in [2.05, 4.69) is 5.32 Å². The molecule has 0 aromatic rings. The molecule has 2 aliphatic heterocycles. The third-order valence-electron chi connectivity index (χ3n) is 4.12. The fraction of sp³-hybridized carbons (Fsp3) is 0.846. The van der Waals surface area contributed by atoms with Crippen molar-refractivity contribution in [3.8, 4) is 0 Å². The molecule has 0 aromatic carbocycles. The molecule has 5 nitrogen and oxygen atoms in total. The number of carbonyl (C=O) groups is 2. The van der Waals surface area contributed by atoms with Crippen LogP contribution in [0.3, 0.4) is 0 Å². The Morgan fingerprint density at radius 1 is 1.56 bits per heavy atom. The fourth-order valence-electron chi connectivity index (χ4n) is 2.71. The summed E-state index contributed by atoms with van der Waals surface area (Å²) >= 11 is 0. The number of nitrogens with one attached hydrogen (secondary N) is 1. The van der Waals surface area contributed by atoms with Gasteiger partial charge in [0.2, 0.25) is 11.8 Å². The van der Waals surface area contributed by atoms with Crippen molar-refractivity contribution in [3.63, 3.8) is 0 Å². The number of likely N-dealkylation sites (N-methyl/N-ethyl adjacent to an activating group) is 1. The molecular weight excluding hydrogens is 230 g/mol. The molecule has 2 heterocycles. The van der Waals surface area contributed by atoms with Crippen LogP contribution >= 0.6 is 0 Å². The van der Waals surface area contributed by atoms with Gasteiger partial charge in [0.05, 0.1) is 12.5 Å². The quantitative estimate of drug-likeness (QED) is 0.774. The lowest BCUT2D eigenvalue weighted by Gasteiger charge is -2.24. The van der Waals surface area contributed by atoms with Crippen LogP contribution < -0.4 is 5.32 Å². The van der Waals surface area contributed by atoms with E-state index in [1.807, 2.05) is 13.8 Å². The first-order valence-corrected chi connectivity index (χ1v) is 6.78. The second kappa shape index (κ2) is 5.26. The highest BCUT2D eigenvalue weighted by molar-refractivity contribution is 5.88. The maximum absolute atomic E-state index is 12.2. The molecular formula is C13H23N3O2. The van der Waals surface area contributed by atoms with Gasteiger partial charge in [-0.2, -0.15) is 0 Å². The van der Waals surface area contributed by atoms with Crippen LogP contribution in [0.25, 0.3) is 0 Å². The Balaban J connectivity index is 1.94. The van der Waals surface area contributed by atoms with Crippen molar-refractivity contribution >= 4 is 11.8 Å². The summed E-state index contributed by atoms with van der Waals surface area (Å²) in [6.07, 6.45) is 2.02. The van der Waals surface area contributed by atoms with Crippen molar-refractivity contribution in [2.75, 3.05) is 26.7 Å². The lowest BCUT2D eigenvalue weighted by Crippen LogP contribution is -2.42. The summed E-state index contributed by atoms with van der Waals surface area (Å²) in [5.41, 5.74) is 0. The Morgan fingerprint density at radius 2 is 2.28 bits per heavy atom. The van der Waals surface area contributed by atoms with E-state index in [9.17, 15) is 9.59 Å². The first-order chi connectivity index (χ1) is 8.50. The summed E-state index contributed by atoms with van der Waals surface area (Å²) in [6.45, 7) is 5.85. The van der Waals surface area contributed by atoms with E-state index >= 15 is 0 Å². The molecule has 2 amide bonds. The maximum atomic E-state index is 12.2. The molecule has 0 spiro atoms. The highest BCUT2D eigenvalue weighted by Gasteiger charge is 2.42. The lowest BCUT2D eigenvalue weighted by molar-refractivity contribution is -0.140. The number of piperidine rings is 1. The Labute approximate surface area is 108 Å². The summed E-state index contributed by atoms with van der Waals surface area (Å²) in [7, 11) is 1.79. The third-order valence-corrected chi connectivity index (χ3v) is 4.12. The van der Waals surface area contributed by atoms with Crippen molar-refractivity contribution in [2.45, 2.75) is 38.8 Å². The van der Waals surface area contributed by atoms with Gasteiger partial charge in [-0.1, -0.05) is 0 Å². The number of fused-ring (bicyclic) bond motifs is 1. The van der Waals surface area contributed by atoms with Crippen molar-refractivity contribution in [3.05, 3.63) is 0 Å². The minimum absolute atomic E-state index is 0.0250. The zero-order chi connectivity index (χ0) is 13.3. The van der Waals surface area contributed by atoms with Crippen LogP contribution in [0.1, 0.15) is 26.7 Å². The molecule has 2 fully saturated rings. The molecule has 0 saturated carbocycles. The van der Waals surface area contributed by atoms with Crippen LogP contribution in [-0.4, -0.2) is 60.4 Å². The van der Waals surface area contributed by atoms with Crippen LogP contribution in [0.5, 0.6) is 0 Å². The van der Waals surface area contributed by atoms with Gasteiger partial charge in [0.25, 0.3) is 0 Å². The third kappa shape index (κ3) is 2.51. The Kier molecular flexibility index (Phi) is 3.90. The predicted octanol–water partition coefficient (Wildman–Crippen LogP) is 0.0636. The standard InChI is InChI=1S/C13H23N3O2/c1-9(2)15(3)12(17)8-16-7-11-10(13(16)18)5-4-6-14-11/h9-11,14H,4-8H2,1-3H3. The summed E-state index contributed by atoms with van der Waals surface area (Å²) in [6, 6.07) is 0.430. The van der Waals surface area contributed by atoms with Gasteiger partial charge in [0.15, 0.2) is 0 Å². The minimum atomic E-state index is 0.0250. The Bertz CT molecular complexity index is 343. The summed E-state index contributed by atoms with van der Waals surface area (Å²) in [5, 5.41) is 3.38. The van der Waals surface area contributed by atoms with Crippen LogP contribution in [-0.2, 0) is 9.59 Å². The maximum Gasteiger partial charge on any atom is 0.242 e. The second-order valence-electron chi connectivity index (χ2n) is 5.63. The molecule has 18 heavy (non-hydrogen) atoms. The molecule has 2 aliphatic rings. The van der Waals surface area contributed by atoms with Crippen LogP contribution in [0.4, 0.5) is 0 Å². The largest absolute Gasteiger partial charge is 0.342 e. The van der Waals surface area contributed by atoms with E-state index in [-0.39, 0.29) is 36.4 Å². The normalized spacial score (nSPS) is 27.6. The van der Waals surface area contributed by atoms with E-state index in [1.54, 1.807) is 16.8 Å². The van der Waals surface area contributed by atoms with E-state index in [4.69, 9.17) is 0 Å². The van der Waals surface area contributed by atoms with Gasteiger partial charge < -0.3 is 15.1 Å². The number of nitrogens with zero attached hydrogens (tertiary/aromatic N) is 2. The minimum Gasteiger partial charge on any atom is -0.342 e. The van der Waals surface area contributed by atoms with Gasteiger partial charge >= 0.3 is 0 Å². The summed E-state index contributed by atoms with van der Waals surface area (Å²) in [5.74, 6) is 0.269. The van der Waals surface area contributed by atoms with E-state index in [0.29, 0.717) is 6.54 Å². The number of likely N-dealkylation sites (tertiary alicyclic amines) is 1. The van der Waals surface area contributed by atoms with Gasteiger partial charge in [-0.25, -0.2) is 0 Å². The summed E-state index contributed by atoms with van der Waals surface area (Å²) in [4.78, 5) is 27.6. The molecule has 2 unspecified atom stereocenters. The number of rotatable bonds is 3. The van der Waals surface area contributed by atoms with Crippen molar-refractivity contribution in [2.24, 2.45) is 5.92 Å². The molecule has 2 atom stereocenters. The topological polar surface area (TPSA) is 52.7 Å². The van der Waals surface area contributed by atoms with Gasteiger partial charge in [0, 0.05) is 25.7 Å². The second-order valence-corrected chi connectivity index (χ2v) is 5.63. The Morgan fingerprint density at radius 3 is 2.89 bits per heavy atom. The molecule has 2 rings (SSSR count). The monoisotopic (exact) mass is 253 g/mol. The van der Waals surface area contributed by atoms with Crippen LogP contribution in [0, 0.1) is 5.92 Å². The number of carbonyl (C=O) groups excluding carboxylic acids is 2. The first kappa shape index (κ1) is 13.3. The fourth-order valence-corrected chi connectivity index (χ4v) is 2.71. The predicted molar refractivity (Wildman–Crippen MR) is 69.0 cm³/mol. The number of hydrogen-bond acceptors (Lipinski definition) is 3. The van der Waals surface area contributed by atoms with Crippen molar-refractivity contribution in [1.29, 1.82) is 0 Å². The smallest absolute Gasteiger partial charge is 0.242 e. The molecule has 0 aromatic heterocycles. The summed E-state index contributed by atoms with van der Waals surface area (Å²) < 4.78 is 0. The highest BCUT2D eigenvalue weighted by Crippen LogP contribution is 2.26. The molecule has 0 bridgehead atoms. The van der Waals surface area contributed by atoms with Crippen LogP contribution in [0.2, 0.25) is 0 Å². The molecule has 0 radical (unpaired) electrons. The zero-order valence-corrected chi connectivity index (χ0v) is 11.5. The lowest BCUT2D eigenvalue weighted by atomic mass is 9.94. The Hall–Kier alpha value is -1.10. The average molecular weight is 253 g/mol.